The third-order valence-corrected chi connectivity index (χ3v) is 4.22. The number of carbonyl (C=O) groups excluding carboxylic acids is 2. The highest BCUT2D eigenvalue weighted by atomic mass is 16.7. The molecule has 1 fully saturated rings. The van der Waals surface area contributed by atoms with Crippen LogP contribution in [0.2, 0.25) is 0 Å². The van der Waals surface area contributed by atoms with E-state index in [1.54, 1.807) is 24.3 Å². The van der Waals surface area contributed by atoms with Gasteiger partial charge in [0, 0.05) is 18.5 Å². The molecule has 1 aliphatic rings. The van der Waals surface area contributed by atoms with Crippen LogP contribution in [-0.2, 0) is 9.63 Å². The van der Waals surface area contributed by atoms with Gasteiger partial charge in [-0.05, 0) is 26.0 Å². The first-order chi connectivity index (χ1) is 14.7. The molecule has 2 amide bonds. The minimum absolute atomic E-state index is 0.122. The Balaban J connectivity index is 1.97. The van der Waals surface area contributed by atoms with Crippen molar-refractivity contribution in [1.29, 1.82) is 5.26 Å². The van der Waals surface area contributed by atoms with E-state index in [4.69, 9.17) is 20.6 Å². The number of hydrogen-bond acceptors (Lipinski definition) is 9. The second-order valence-corrected chi connectivity index (χ2v) is 7.52. The number of benzene rings is 1. The fraction of sp³-hybridized carbons (Fsp3) is 0.350. The number of carbonyl (C=O) groups is 2. The van der Waals surface area contributed by atoms with Crippen LogP contribution in [0, 0.1) is 11.3 Å². The molecule has 2 aromatic rings. The Bertz CT molecular complexity index is 1040. The van der Waals surface area contributed by atoms with Crippen LogP contribution in [-0.4, -0.2) is 51.7 Å². The monoisotopic (exact) mass is 426 g/mol. The summed E-state index contributed by atoms with van der Waals surface area (Å²) < 4.78 is 5.71. The normalized spacial score (nSPS) is 15.8. The number of nitriles is 1. The Kier molecular flexibility index (Phi) is 6.33. The number of amides is 2. The molecule has 0 radical (unpaired) electrons. The van der Waals surface area contributed by atoms with Gasteiger partial charge in [0.15, 0.2) is 11.9 Å². The van der Waals surface area contributed by atoms with Crippen molar-refractivity contribution in [3.63, 3.8) is 0 Å². The van der Waals surface area contributed by atoms with Gasteiger partial charge in [-0.15, -0.1) is 0 Å². The minimum Gasteiger partial charge on any atom is -0.463 e. The number of nitrogens with zero attached hydrogens (tertiary/aromatic N) is 3. The number of ether oxygens (including phenoxy) is 1. The van der Waals surface area contributed by atoms with Crippen molar-refractivity contribution in [2.75, 3.05) is 18.9 Å². The molecule has 1 aliphatic heterocycles. The van der Waals surface area contributed by atoms with E-state index < -0.39 is 17.6 Å². The number of nitrogen functional groups attached to an aromatic ring is 1. The molecule has 0 spiro atoms. The molecule has 5 N–H and O–H groups in total. The molecular weight excluding hydrogens is 404 g/mol. The van der Waals surface area contributed by atoms with Crippen LogP contribution in [0.15, 0.2) is 24.3 Å². The van der Waals surface area contributed by atoms with Crippen molar-refractivity contribution >= 4 is 17.6 Å². The highest BCUT2D eigenvalue weighted by Crippen LogP contribution is 2.28. The maximum Gasteiger partial charge on any atom is 0.284 e. The van der Waals surface area contributed by atoms with E-state index in [-0.39, 0.29) is 35.6 Å². The molecule has 1 saturated heterocycles. The fourth-order valence-electron chi connectivity index (χ4n) is 2.76. The molecule has 1 atom stereocenters. The lowest BCUT2D eigenvalue weighted by Gasteiger charge is -2.18. The van der Waals surface area contributed by atoms with Gasteiger partial charge in [-0.3, -0.25) is 14.4 Å². The van der Waals surface area contributed by atoms with E-state index >= 15 is 0 Å². The Hall–Kier alpha value is -3.75. The number of nitrogens with two attached hydrogens (primary N) is 1. The van der Waals surface area contributed by atoms with Crippen molar-refractivity contribution < 1.29 is 24.3 Å². The number of hydrogen-bond donors (Lipinski definition) is 4. The van der Waals surface area contributed by atoms with Crippen LogP contribution in [0.5, 0.6) is 5.88 Å². The summed E-state index contributed by atoms with van der Waals surface area (Å²) in [5.74, 6) is -1.42. The summed E-state index contributed by atoms with van der Waals surface area (Å²) in [7, 11) is 0. The number of anilines is 1. The van der Waals surface area contributed by atoms with Gasteiger partial charge in [-0.2, -0.15) is 10.2 Å². The van der Waals surface area contributed by atoms with Crippen LogP contribution in [0.3, 0.4) is 0 Å². The van der Waals surface area contributed by atoms with Gasteiger partial charge in [0.2, 0.25) is 5.88 Å². The summed E-state index contributed by atoms with van der Waals surface area (Å²) in [6.45, 7) is 3.26. The van der Waals surface area contributed by atoms with Crippen LogP contribution >= 0.6 is 0 Å². The summed E-state index contributed by atoms with van der Waals surface area (Å²) in [6.07, 6.45) is -0.463. The van der Waals surface area contributed by atoms with Crippen molar-refractivity contribution in [1.82, 2.24) is 20.8 Å². The van der Waals surface area contributed by atoms with E-state index in [1.807, 2.05) is 6.07 Å². The third kappa shape index (κ3) is 5.44. The molecule has 11 nitrogen and oxygen atoms in total. The van der Waals surface area contributed by atoms with Crippen LogP contribution in [0.4, 0.5) is 5.82 Å². The zero-order chi connectivity index (χ0) is 22.6. The molecule has 0 aliphatic carbocycles. The summed E-state index contributed by atoms with van der Waals surface area (Å²) in [6, 6.07) is 8.54. The van der Waals surface area contributed by atoms with E-state index in [0.717, 1.165) is 0 Å². The Morgan fingerprint density at radius 1 is 1.45 bits per heavy atom. The lowest BCUT2D eigenvalue weighted by atomic mass is 10.1. The second kappa shape index (κ2) is 8.95. The predicted molar refractivity (Wildman–Crippen MR) is 108 cm³/mol. The topological polar surface area (TPSA) is 172 Å². The summed E-state index contributed by atoms with van der Waals surface area (Å²) in [4.78, 5) is 38.1. The molecule has 3 rings (SSSR count). The Morgan fingerprint density at radius 3 is 2.87 bits per heavy atom. The zero-order valence-corrected chi connectivity index (χ0v) is 17.0. The predicted octanol–water partition coefficient (Wildman–Crippen LogP) is 0.297. The Labute approximate surface area is 178 Å². The first kappa shape index (κ1) is 21.9. The lowest BCUT2D eigenvalue weighted by Crippen LogP contribution is -2.34. The largest absolute Gasteiger partial charge is 0.463 e. The van der Waals surface area contributed by atoms with Gasteiger partial charge in [0.25, 0.3) is 11.8 Å². The molecule has 31 heavy (non-hydrogen) atoms. The maximum atomic E-state index is 12.7. The molecule has 0 saturated carbocycles. The average molecular weight is 426 g/mol. The molecular formula is C20H22N6O5. The summed E-state index contributed by atoms with van der Waals surface area (Å²) in [5.41, 5.74) is 7.69. The number of aliphatic hydroxyl groups is 1. The van der Waals surface area contributed by atoms with Crippen LogP contribution < -0.4 is 21.3 Å². The van der Waals surface area contributed by atoms with E-state index in [0.29, 0.717) is 24.1 Å². The average Bonchev–Trinajstić information content (AvgIpc) is 3.11. The smallest absolute Gasteiger partial charge is 0.284 e. The summed E-state index contributed by atoms with van der Waals surface area (Å²) in [5, 5.41) is 21.5. The quantitative estimate of drug-likeness (QED) is 0.454. The van der Waals surface area contributed by atoms with Gasteiger partial charge in [-0.25, -0.2) is 10.5 Å². The van der Waals surface area contributed by atoms with Crippen molar-refractivity contribution in [2.45, 2.75) is 32.0 Å². The summed E-state index contributed by atoms with van der Waals surface area (Å²) >= 11 is 0. The number of aromatic nitrogens is 2. The molecule has 0 bridgehead atoms. The zero-order valence-electron chi connectivity index (χ0n) is 17.0. The highest BCUT2D eigenvalue weighted by molar-refractivity contribution is 6.00. The van der Waals surface area contributed by atoms with Gasteiger partial charge in [0.1, 0.15) is 18.0 Å². The lowest BCUT2D eigenvalue weighted by molar-refractivity contribution is -0.125. The van der Waals surface area contributed by atoms with E-state index in [2.05, 4.69) is 20.8 Å². The standard InChI is InChI=1S/C20H22N6O5/c1-20(2,29)10-30-26-18(28)14-15(22)24-16(12-5-3-4-11(8-12)9-21)25-19(14)31-13-6-7-23-17(13)27/h3-5,8,13,29H,6-7,10H2,1-2H3,(H,23,27)(H,26,28)(H2,22,24,25)/t13-/m0/s1. The van der Waals surface area contributed by atoms with Crippen molar-refractivity contribution in [3.8, 4) is 23.3 Å². The van der Waals surface area contributed by atoms with Gasteiger partial charge in [-0.1, -0.05) is 12.1 Å². The maximum absolute atomic E-state index is 12.7. The van der Waals surface area contributed by atoms with E-state index in [9.17, 15) is 14.7 Å². The Morgan fingerprint density at radius 2 is 2.23 bits per heavy atom. The fourth-order valence-corrected chi connectivity index (χ4v) is 2.76. The molecule has 162 valence electrons. The van der Waals surface area contributed by atoms with Crippen molar-refractivity contribution in [2.24, 2.45) is 0 Å². The van der Waals surface area contributed by atoms with Crippen molar-refractivity contribution in [3.05, 3.63) is 35.4 Å². The SMILES string of the molecule is CC(C)(O)CONC(=O)c1c(N)nc(-c2cccc(C#N)c2)nc1O[C@H]1CCNC1=O. The highest BCUT2D eigenvalue weighted by Gasteiger charge is 2.30. The first-order valence-corrected chi connectivity index (χ1v) is 9.45. The first-order valence-electron chi connectivity index (χ1n) is 9.45. The van der Waals surface area contributed by atoms with Crippen LogP contribution in [0.25, 0.3) is 11.4 Å². The second-order valence-electron chi connectivity index (χ2n) is 7.52. The molecule has 11 heteroatoms. The minimum atomic E-state index is -1.17. The molecule has 1 aromatic carbocycles. The molecule has 0 unspecified atom stereocenters. The third-order valence-electron chi connectivity index (χ3n) is 4.22. The van der Waals surface area contributed by atoms with Gasteiger partial charge in [0.05, 0.1) is 17.2 Å². The molecule has 2 heterocycles. The van der Waals surface area contributed by atoms with Crippen LogP contribution in [0.1, 0.15) is 36.2 Å². The van der Waals surface area contributed by atoms with Gasteiger partial charge < -0.3 is 20.9 Å². The van der Waals surface area contributed by atoms with Gasteiger partial charge >= 0.3 is 0 Å². The number of hydroxylamine groups is 1. The van der Waals surface area contributed by atoms with E-state index in [1.165, 1.54) is 13.8 Å². The number of nitrogens with one attached hydrogen (secondary N) is 2. The molecule has 1 aromatic heterocycles. The number of rotatable bonds is 7.